The Morgan fingerprint density at radius 1 is 0.419 bits per heavy atom. The van der Waals surface area contributed by atoms with Crippen LogP contribution in [-0.4, -0.2) is 15.0 Å². The van der Waals surface area contributed by atoms with Gasteiger partial charge in [0.25, 0.3) is 0 Å². The summed E-state index contributed by atoms with van der Waals surface area (Å²) in [5.41, 5.74) is 16.1. The maximum absolute atomic E-state index is 6.01. The molecule has 0 N–H and O–H groups in total. The van der Waals surface area contributed by atoms with Crippen LogP contribution >= 0.6 is 0 Å². The second-order valence-corrected chi connectivity index (χ2v) is 15.3. The molecular formula is C57H44IrN3O. The van der Waals surface area contributed by atoms with Crippen LogP contribution in [0.4, 0.5) is 0 Å². The summed E-state index contributed by atoms with van der Waals surface area (Å²) in [7, 11) is 0. The van der Waals surface area contributed by atoms with E-state index in [0.717, 1.165) is 94.1 Å². The summed E-state index contributed by atoms with van der Waals surface area (Å²) in [4.78, 5) is 13.4. The minimum Gasteiger partial charge on any atom is -0.456 e. The van der Waals surface area contributed by atoms with E-state index >= 15 is 0 Å². The van der Waals surface area contributed by atoms with Gasteiger partial charge < -0.3 is 14.4 Å². The van der Waals surface area contributed by atoms with Gasteiger partial charge in [-0.3, -0.25) is 4.98 Å². The average Bonchev–Trinajstić information content (AvgIpc) is 3.72. The summed E-state index contributed by atoms with van der Waals surface area (Å²) < 4.78 is 6.01. The number of aryl methyl sites for hydroxylation is 6. The molecule has 0 saturated heterocycles. The van der Waals surface area contributed by atoms with Gasteiger partial charge in [-0.05, 0) is 113 Å². The molecule has 0 radical (unpaired) electrons. The van der Waals surface area contributed by atoms with Crippen LogP contribution in [0.2, 0.25) is 0 Å². The molecule has 0 amide bonds. The van der Waals surface area contributed by atoms with Gasteiger partial charge in [-0.15, -0.1) is 71.8 Å². The number of aromatic nitrogens is 3. The maximum Gasteiger partial charge on any atom is 3.00 e. The van der Waals surface area contributed by atoms with E-state index in [9.17, 15) is 0 Å². The van der Waals surface area contributed by atoms with Gasteiger partial charge in [0.05, 0.1) is 0 Å². The monoisotopic (exact) mass is 979 g/mol. The molecule has 0 aliphatic heterocycles. The van der Waals surface area contributed by atoms with Crippen LogP contribution in [0.25, 0.3) is 55.6 Å². The molecule has 6 aromatic carbocycles. The number of hydrogen-bond acceptors (Lipinski definition) is 4. The quantitative estimate of drug-likeness (QED) is 0.114. The van der Waals surface area contributed by atoms with Crippen molar-refractivity contribution in [2.75, 3.05) is 0 Å². The maximum atomic E-state index is 6.01. The largest absolute Gasteiger partial charge is 3.00 e. The van der Waals surface area contributed by atoms with Crippen molar-refractivity contribution in [2.24, 2.45) is 0 Å². The molecule has 0 aliphatic carbocycles. The van der Waals surface area contributed by atoms with Gasteiger partial charge in [-0.1, -0.05) is 73.2 Å². The normalized spacial score (nSPS) is 10.8. The van der Waals surface area contributed by atoms with Crippen molar-refractivity contribution in [2.45, 2.75) is 38.5 Å². The number of furan rings is 1. The Balaban J connectivity index is 0.000000178. The summed E-state index contributed by atoms with van der Waals surface area (Å²) in [5.74, 6) is 0. The van der Waals surface area contributed by atoms with Gasteiger partial charge in [0, 0.05) is 35.6 Å². The summed E-state index contributed by atoms with van der Waals surface area (Å²) in [5, 5.41) is 2.29. The van der Waals surface area contributed by atoms with Crippen LogP contribution in [0, 0.1) is 18.2 Å². The number of nitrogens with zero attached hydrogens (tertiary/aromatic N) is 3. The fraction of sp³-hybridized carbons (Fsp3) is 0.105. The number of hydrogen-bond donors (Lipinski definition) is 0. The predicted molar refractivity (Wildman–Crippen MR) is 248 cm³/mol. The molecule has 4 aromatic heterocycles. The van der Waals surface area contributed by atoms with E-state index in [1.165, 1.54) is 33.4 Å². The Bertz CT molecular complexity index is 2890. The molecule has 10 rings (SSSR count). The molecule has 10 aromatic rings. The first-order chi connectivity index (χ1) is 30.2. The molecule has 0 aliphatic rings. The van der Waals surface area contributed by atoms with E-state index in [4.69, 9.17) is 4.42 Å². The van der Waals surface area contributed by atoms with Crippen molar-refractivity contribution >= 4 is 21.9 Å². The van der Waals surface area contributed by atoms with Gasteiger partial charge in [0.2, 0.25) is 0 Å². The molecule has 4 heterocycles. The molecule has 0 spiro atoms. The van der Waals surface area contributed by atoms with Crippen molar-refractivity contribution in [3.05, 3.63) is 246 Å². The van der Waals surface area contributed by atoms with Crippen molar-refractivity contribution in [1.29, 1.82) is 0 Å². The number of para-hydroxylation sites is 1. The molecule has 0 fully saturated rings. The molecule has 302 valence electrons. The van der Waals surface area contributed by atoms with Crippen LogP contribution in [0.5, 0.6) is 0 Å². The first-order valence-corrected chi connectivity index (χ1v) is 20.9. The van der Waals surface area contributed by atoms with Crippen molar-refractivity contribution in [1.82, 2.24) is 15.0 Å². The first-order valence-electron chi connectivity index (χ1n) is 20.9. The van der Waals surface area contributed by atoms with E-state index in [1.54, 1.807) is 0 Å². The number of rotatable bonds is 12. The van der Waals surface area contributed by atoms with E-state index in [1.807, 2.05) is 110 Å². The Hall–Kier alpha value is -6.78. The van der Waals surface area contributed by atoms with Gasteiger partial charge in [0.15, 0.2) is 0 Å². The van der Waals surface area contributed by atoms with Crippen LogP contribution in [-0.2, 0) is 58.6 Å². The Morgan fingerprint density at radius 3 is 1.73 bits per heavy atom. The van der Waals surface area contributed by atoms with Crippen molar-refractivity contribution in [3.8, 4) is 33.6 Å². The summed E-state index contributed by atoms with van der Waals surface area (Å²) in [6.07, 6.45) is 13.7. The topological polar surface area (TPSA) is 51.8 Å². The summed E-state index contributed by atoms with van der Waals surface area (Å²) in [6.45, 7) is 0. The second-order valence-electron chi connectivity index (χ2n) is 15.3. The molecule has 0 saturated carbocycles. The minimum atomic E-state index is 0. The number of fused-ring (bicyclic) bond motifs is 3. The molecule has 62 heavy (non-hydrogen) atoms. The van der Waals surface area contributed by atoms with Crippen LogP contribution < -0.4 is 0 Å². The first kappa shape index (κ1) is 41.9. The Labute approximate surface area is 377 Å². The third-order valence-corrected chi connectivity index (χ3v) is 11.0. The third-order valence-electron chi connectivity index (χ3n) is 11.0. The third kappa shape index (κ3) is 10.7. The zero-order valence-electron chi connectivity index (χ0n) is 34.3. The summed E-state index contributed by atoms with van der Waals surface area (Å²) in [6, 6.07) is 68.1. The van der Waals surface area contributed by atoms with Gasteiger partial charge in [-0.2, -0.15) is 35.9 Å². The molecular weight excluding hydrogens is 935 g/mol. The van der Waals surface area contributed by atoms with Gasteiger partial charge in [-0.25, -0.2) is 0 Å². The van der Waals surface area contributed by atoms with Crippen LogP contribution in [0.1, 0.15) is 33.4 Å². The zero-order chi connectivity index (χ0) is 41.1. The standard InChI is InChI=1S/C34H30N2.C23H14NO.Ir/c1-3-8-27(9-4-1)13-16-30-22-31(17-14-28-10-7-21-35-25-28)24-32(23-30)18-15-29-19-20-34(36-26-29)33-11-5-2-6-12-33;1-2-6-16(7-3-1)21-14-18(12-13-24-21)17-10-11-20-19-8-4-5-9-22(19)25-23(20)15-17;/h1-3,5-11,19-26H,13-18H2;1-6,8-15H;/q-2;-1;+3. The van der Waals surface area contributed by atoms with Gasteiger partial charge >= 0.3 is 20.1 Å². The Kier molecular flexibility index (Phi) is 14.0. The van der Waals surface area contributed by atoms with Crippen LogP contribution in [0.15, 0.2) is 199 Å². The molecule has 0 bridgehead atoms. The zero-order valence-corrected chi connectivity index (χ0v) is 36.7. The predicted octanol–water partition coefficient (Wildman–Crippen LogP) is 13.2. The second kappa shape index (κ2) is 20.7. The summed E-state index contributed by atoms with van der Waals surface area (Å²) >= 11 is 0. The molecule has 5 heteroatoms. The van der Waals surface area contributed by atoms with Crippen molar-refractivity contribution in [3.63, 3.8) is 0 Å². The molecule has 4 nitrogen and oxygen atoms in total. The van der Waals surface area contributed by atoms with Crippen molar-refractivity contribution < 1.29 is 24.5 Å². The number of pyridine rings is 3. The fourth-order valence-corrected chi connectivity index (χ4v) is 7.77. The van der Waals surface area contributed by atoms with E-state index in [2.05, 4.69) is 118 Å². The van der Waals surface area contributed by atoms with E-state index in [-0.39, 0.29) is 20.1 Å². The smallest absolute Gasteiger partial charge is 0.456 e. The minimum absolute atomic E-state index is 0. The fourth-order valence-electron chi connectivity index (χ4n) is 7.77. The van der Waals surface area contributed by atoms with E-state index < -0.39 is 0 Å². The van der Waals surface area contributed by atoms with Crippen LogP contribution in [0.3, 0.4) is 0 Å². The molecule has 0 unspecified atom stereocenters. The number of benzene rings is 6. The average molecular weight is 979 g/mol. The van der Waals surface area contributed by atoms with E-state index in [0.29, 0.717) is 0 Å². The Morgan fingerprint density at radius 2 is 1.06 bits per heavy atom. The van der Waals surface area contributed by atoms with Gasteiger partial charge in [0.1, 0.15) is 11.2 Å². The SMILES string of the molecule is [Ir+3].[c-]1cccc(CCc2cc(CCc3cccnc3)cc(CCc3ccc(-c4[c-]cccc4)nc3)c2)c1.[c-]1ccccc1-c1cc(-c2ccc3c(c2)oc2ccccc23)ccn1. The molecule has 0 atom stereocenters.